The van der Waals surface area contributed by atoms with Crippen LogP contribution in [0.15, 0.2) is 30.3 Å². The van der Waals surface area contributed by atoms with Crippen molar-refractivity contribution in [3.05, 3.63) is 35.9 Å². The Morgan fingerprint density at radius 2 is 1.78 bits per heavy atom. The SMILES string of the molecule is CN[C@@H](C)C(=O)N[C@H](C(=O)N[C@H]1CCN(C(=O)OCc2ccccc2)C1)C1CCCCC1. The van der Waals surface area contributed by atoms with E-state index in [-0.39, 0.29) is 42.5 Å². The van der Waals surface area contributed by atoms with Crippen molar-refractivity contribution in [3.8, 4) is 0 Å². The summed E-state index contributed by atoms with van der Waals surface area (Å²) < 4.78 is 5.41. The molecule has 0 aromatic heterocycles. The van der Waals surface area contributed by atoms with Gasteiger partial charge in [0.25, 0.3) is 0 Å². The highest BCUT2D eigenvalue weighted by Crippen LogP contribution is 2.27. The second kappa shape index (κ2) is 11.9. The van der Waals surface area contributed by atoms with E-state index in [2.05, 4.69) is 16.0 Å². The Bertz CT molecular complexity index is 767. The van der Waals surface area contributed by atoms with E-state index in [0.717, 1.165) is 31.2 Å². The normalized spacial score (nSPS) is 20.9. The van der Waals surface area contributed by atoms with Gasteiger partial charge in [0.2, 0.25) is 11.8 Å². The highest BCUT2D eigenvalue weighted by molar-refractivity contribution is 5.90. The van der Waals surface area contributed by atoms with E-state index >= 15 is 0 Å². The van der Waals surface area contributed by atoms with Gasteiger partial charge in [-0.2, -0.15) is 0 Å². The highest BCUT2D eigenvalue weighted by Gasteiger charge is 2.35. The largest absolute Gasteiger partial charge is 0.445 e. The van der Waals surface area contributed by atoms with E-state index in [0.29, 0.717) is 19.5 Å². The molecule has 1 saturated carbocycles. The molecular weight excluding hydrogens is 408 g/mol. The molecule has 1 heterocycles. The number of rotatable bonds is 8. The van der Waals surface area contributed by atoms with Crippen molar-refractivity contribution in [2.45, 2.75) is 70.2 Å². The Hall–Kier alpha value is -2.61. The molecule has 8 heteroatoms. The van der Waals surface area contributed by atoms with Gasteiger partial charge in [0, 0.05) is 19.1 Å². The topological polar surface area (TPSA) is 99.8 Å². The van der Waals surface area contributed by atoms with Crippen LogP contribution in [0.1, 0.15) is 51.0 Å². The first-order valence-electron chi connectivity index (χ1n) is 11.7. The quantitative estimate of drug-likeness (QED) is 0.571. The third-order valence-corrected chi connectivity index (χ3v) is 6.53. The summed E-state index contributed by atoms with van der Waals surface area (Å²) in [6, 6.07) is 8.50. The van der Waals surface area contributed by atoms with Crippen molar-refractivity contribution in [2.24, 2.45) is 5.92 Å². The second-order valence-electron chi connectivity index (χ2n) is 8.88. The lowest BCUT2D eigenvalue weighted by Crippen LogP contribution is -2.56. The maximum Gasteiger partial charge on any atom is 0.410 e. The van der Waals surface area contributed by atoms with Gasteiger partial charge in [-0.05, 0) is 44.7 Å². The first-order chi connectivity index (χ1) is 15.5. The predicted octanol–water partition coefficient (Wildman–Crippen LogP) is 2.19. The minimum atomic E-state index is -0.544. The number of hydrogen-bond acceptors (Lipinski definition) is 5. The predicted molar refractivity (Wildman–Crippen MR) is 122 cm³/mol. The van der Waals surface area contributed by atoms with Crippen molar-refractivity contribution >= 4 is 17.9 Å². The minimum Gasteiger partial charge on any atom is -0.445 e. The summed E-state index contributed by atoms with van der Waals surface area (Å²) >= 11 is 0. The number of benzene rings is 1. The summed E-state index contributed by atoms with van der Waals surface area (Å²) in [5, 5.41) is 8.96. The molecule has 3 atom stereocenters. The Morgan fingerprint density at radius 1 is 1.06 bits per heavy atom. The van der Waals surface area contributed by atoms with Gasteiger partial charge in [-0.1, -0.05) is 49.6 Å². The third-order valence-electron chi connectivity index (χ3n) is 6.53. The van der Waals surface area contributed by atoms with Crippen molar-refractivity contribution in [1.29, 1.82) is 0 Å². The summed E-state index contributed by atoms with van der Waals surface area (Å²) in [5.41, 5.74) is 0.937. The number of carbonyl (C=O) groups is 3. The lowest BCUT2D eigenvalue weighted by atomic mass is 9.83. The Labute approximate surface area is 190 Å². The Morgan fingerprint density at radius 3 is 2.47 bits per heavy atom. The van der Waals surface area contributed by atoms with Crippen LogP contribution in [0.3, 0.4) is 0 Å². The Kier molecular flexibility index (Phi) is 8.90. The first kappa shape index (κ1) is 24.0. The summed E-state index contributed by atoms with van der Waals surface area (Å²) in [6.07, 6.45) is 5.51. The molecule has 2 fully saturated rings. The van der Waals surface area contributed by atoms with E-state index < -0.39 is 6.04 Å². The molecule has 8 nitrogen and oxygen atoms in total. The highest BCUT2D eigenvalue weighted by atomic mass is 16.6. The molecule has 0 radical (unpaired) electrons. The number of nitrogens with one attached hydrogen (secondary N) is 3. The molecule has 0 unspecified atom stereocenters. The van der Waals surface area contributed by atoms with Gasteiger partial charge in [0.05, 0.1) is 6.04 Å². The fraction of sp³-hybridized carbons (Fsp3) is 0.625. The van der Waals surface area contributed by atoms with Crippen LogP contribution in [-0.4, -0.2) is 61.1 Å². The zero-order valence-electron chi connectivity index (χ0n) is 19.1. The fourth-order valence-electron chi connectivity index (χ4n) is 4.42. The molecule has 32 heavy (non-hydrogen) atoms. The Balaban J connectivity index is 1.52. The fourth-order valence-corrected chi connectivity index (χ4v) is 4.42. The van der Waals surface area contributed by atoms with Crippen LogP contribution in [-0.2, 0) is 20.9 Å². The summed E-state index contributed by atoms with van der Waals surface area (Å²) in [7, 11) is 1.73. The molecule has 0 bridgehead atoms. The van der Waals surface area contributed by atoms with Crippen LogP contribution in [0.5, 0.6) is 0 Å². The molecule has 1 aliphatic heterocycles. The molecule has 1 saturated heterocycles. The number of carbonyl (C=O) groups excluding carboxylic acids is 3. The smallest absolute Gasteiger partial charge is 0.410 e. The maximum atomic E-state index is 13.2. The molecule has 3 amide bonds. The van der Waals surface area contributed by atoms with Gasteiger partial charge in [0.1, 0.15) is 12.6 Å². The molecular formula is C24H36N4O4. The molecule has 1 aromatic carbocycles. The van der Waals surface area contributed by atoms with E-state index in [4.69, 9.17) is 4.74 Å². The van der Waals surface area contributed by atoms with Crippen molar-refractivity contribution in [2.75, 3.05) is 20.1 Å². The van der Waals surface area contributed by atoms with Gasteiger partial charge < -0.3 is 25.6 Å². The summed E-state index contributed by atoms with van der Waals surface area (Å²) in [4.78, 5) is 39.7. The molecule has 1 aliphatic carbocycles. The van der Waals surface area contributed by atoms with Crippen LogP contribution in [0, 0.1) is 5.92 Å². The van der Waals surface area contributed by atoms with Crippen molar-refractivity contribution in [1.82, 2.24) is 20.9 Å². The van der Waals surface area contributed by atoms with E-state index in [1.807, 2.05) is 30.3 Å². The number of likely N-dealkylation sites (N-methyl/N-ethyl adjacent to an activating group) is 1. The number of hydrogen-bond donors (Lipinski definition) is 3. The van der Waals surface area contributed by atoms with Crippen LogP contribution in [0.2, 0.25) is 0 Å². The molecule has 3 rings (SSSR count). The van der Waals surface area contributed by atoms with Gasteiger partial charge in [0.15, 0.2) is 0 Å². The van der Waals surface area contributed by atoms with Crippen molar-refractivity contribution in [3.63, 3.8) is 0 Å². The third kappa shape index (κ3) is 6.69. The maximum absolute atomic E-state index is 13.2. The van der Waals surface area contributed by atoms with Crippen molar-refractivity contribution < 1.29 is 19.1 Å². The minimum absolute atomic E-state index is 0.142. The summed E-state index contributed by atoms with van der Waals surface area (Å²) in [6.45, 7) is 2.96. The second-order valence-corrected chi connectivity index (χ2v) is 8.88. The molecule has 2 aliphatic rings. The molecule has 0 spiro atoms. The zero-order chi connectivity index (χ0) is 22.9. The van der Waals surface area contributed by atoms with Gasteiger partial charge in [-0.25, -0.2) is 4.79 Å². The number of likely N-dealkylation sites (tertiary alicyclic amines) is 1. The molecule has 176 valence electrons. The van der Waals surface area contributed by atoms with Gasteiger partial charge >= 0.3 is 6.09 Å². The number of ether oxygens (including phenoxy) is 1. The van der Waals surface area contributed by atoms with Gasteiger partial charge in [-0.3, -0.25) is 9.59 Å². The zero-order valence-corrected chi connectivity index (χ0v) is 19.1. The lowest BCUT2D eigenvalue weighted by Gasteiger charge is -2.31. The molecule has 1 aromatic rings. The van der Waals surface area contributed by atoms with Crippen LogP contribution in [0.25, 0.3) is 0 Å². The molecule has 3 N–H and O–H groups in total. The number of nitrogens with zero attached hydrogens (tertiary/aromatic N) is 1. The average molecular weight is 445 g/mol. The first-order valence-corrected chi connectivity index (χ1v) is 11.7. The van der Waals surface area contributed by atoms with Crippen LogP contribution >= 0.6 is 0 Å². The lowest BCUT2D eigenvalue weighted by molar-refractivity contribution is -0.131. The van der Waals surface area contributed by atoms with E-state index in [1.54, 1.807) is 18.9 Å². The monoisotopic (exact) mass is 444 g/mol. The average Bonchev–Trinajstić information content (AvgIpc) is 3.30. The van der Waals surface area contributed by atoms with E-state index in [1.165, 1.54) is 6.42 Å². The standard InChI is InChI=1S/C24H36N4O4/c1-17(25-2)22(29)27-21(19-11-7-4-8-12-19)23(30)26-20-13-14-28(15-20)24(31)32-16-18-9-5-3-6-10-18/h3,5-6,9-10,17,19-21,25H,4,7-8,11-16H2,1-2H3,(H,26,30)(H,27,29)/t17-,20-,21-/m0/s1. The summed E-state index contributed by atoms with van der Waals surface area (Å²) in [5.74, 6) is -0.182. The van der Waals surface area contributed by atoms with Crippen LogP contribution < -0.4 is 16.0 Å². The number of amides is 3. The van der Waals surface area contributed by atoms with E-state index in [9.17, 15) is 14.4 Å². The van der Waals surface area contributed by atoms with Crippen LogP contribution in [0.4, 0.5) is 4.79 Å². The van der Waals surface area contributed by atoms with Gasteiger partial charge in [-0.15, -0.1) is 0 Å².